The fourth-order valence-electron chi connectivity index (χ4n) is 3.90. The lowest BCUT2D eigenvalue weighted by Crippen LogP contribution is -2.43. The Morgan fingerprint density at radius 2 is 1.76 bits per heavy atom. The van der Waals surface area contributed by atoms with Crippen LogP contribution in [-0.2, 0) is 25.5 Å². The molecule has 2 aromatic carbocycles. The molecule has 1 amide bonds. The number of fused-ring (bicyclic) bond motifs is 1. The van der Waals surface area contributed by atoms with Crippen LogP contribution in [0.5, 0.6) is 0 Å². The van der Waals surface area contributed by atoms with E-state index in [4.69, 9.17) is 9.47 Å². The molecule has 0 N–H and O–H groups in total. The highest BCUT2D eigenvalue weighted by Crippen LogP contribution is 2.26. The number of benzene rings is 2. The number of methoxy groups -OCH3 is 1. The van der Waals surface area contributed by atoms with Crippen LogP contribution >= 0.6 is 0 Å². The predicted molar refractivity (Wildman–Crippen MR) is 109 cm³/mol. The Labute approximate surface area is 170 Å². The van der Waals surface area contributed by atoms with E-state index in [2.05, 4.69) is 0 Å². The molecule has 1 heterocycles. The Balaban J connectivity index is 1.75. The molecule has 1 aliphatic rings. The third-order valence-electron chi connectivity index (χ3n) is 5.50. The standard InChI is InChI=1S/C23H27NO5/c1-3-29-22(26)20(15-16-8-9-17-6-4-5-7-19(17)14-16)21(25)18-10-12-24(13-11-18)23(27)28-2/h4-9,14,18,20H,3,10-13,15H2,1-2H3. The van der Waals surface area contributed by atoms with Gasteiger partial charge in [-0.25, -0.2) is 4.79 Å². The summed E-state index contributed by atoms with van der Waals surface area (Å²) >= 11 is 0. The highest BCUT2D eigenvalue weighted by molar-refractivity contribution is 6.00. The van der Waals surface area contributed by atoms with Crippen LogP contribution in [-0.4, -0.2) is 49.6 Å². The summed E-state index contributed by atoms with van der Waals surface area (Å²) in [5.74, 6) is -1.65. The molecule has 1 saturated heterocycles. The van der Waals surface area contributed by atoms with E-state index in [9.17, 15) is 14.4 Å². The van der Waals surface area contributed by atoms with Crippen molar-refractivity contribution in [3.05, 3.63) is 48.0 Å². The average molecular weight is 397 g/mol. The minimum absolute atomic E-state index is 0.0962. The number of ether oxygens (including phenoxy) is 2. The smallest absolute Gasteiger partial charge is 0.409 e. The molecule has 1 unspecified atom stereocenters. The minimum atomic E-state index is -0.828. The minimum Gasteiger partial charge on any atom is -0.465 e. The number of nitrogens with zero attached hydrogens (tertiary/aromatic N) is 1. The molecule has 0 aromatic heterocycles. The number of carbonyl (C=O) groups excluding carboxylic acids is 3. The Bertz CT molecular complexity index is 886. The number of amides is 1. The zero-order valence-corrected chi connectivity index (χ0v) is 16.9. The number of piperidine rings is 1. The van der Waals surface area contributed by atoms with Crippen molar-refractivity contribution in [2.24, 2.45) is 11.8 Å². The summed E-state index contributed by atoms with van der Waals surface area (Å²) in [7, 11) is 1.35. The SMILES string of the molecule is CCOC(=O)C(Cc1ccc2ccccc2c1)C(=O)C1CCN(C(=O)OC)CC1. The van der Waals surface area contributed by atoms with Gasteiger partial charge in [-0.15, -0.1) is 0 Å². The first kappa shape index (κ1) is 20.8. The summed E-state index contributed by atoms with van der Waals surface area (Å²) in [6.07, 6.45) is 0.997. The second-order valence-electron chi connectivity index (χ2n) is 7.32. The molecule has 0 aliphatic carbocycles. The van der Waals surface area contributed by atoms with E-state index in [1.165, 1.54) is 7.11 Å². The van der Waals surface area contributed by atoms with Crippen molar-refractivity contribution in [2.75, 3.05) is 26.8 Å². The fraction of sp³-hybridized carbons (Fsp3) is 0.435. The Morgan fingerprint density at radius 3 is 2.41 bits per heavy atom. The van der Waals surface area contributed by atoms with Crippen LogP contribution in [0, 0.1) is 11.8 Å². The van der Waals surface area contributed by atoms with Crippen molar-refractivity contribution in [3.63, 3.8) is 0 Å². The Kier molecular flexibility index (Phi) is 6.86. The van der Waals surface area contributed by atoms with Crippen molar-refractivity contribution in [3.8, 4) is 0 Å². The molecule has 1 fully saturated rings. The van der Waals surface area contributed by atoms with Crippen LogP contribution in [0.15, 0.2) is 42.5 Å². The van der Waals surface area contributed by atoms with Crippen molar-refractivity contribution in [1.29, 1.82) is 0 Å². The topological polar surface area (TPSA) is 72.9 Å². The molecule has 0 saturated carbocycles. The fourth-order valence-corrected chi connectivity index (χ4v) is 3.90. The molecule has 154 valence electrons. The first-order valence-electron chi connectivity index (χ1n) is 10.0. The molecule has 3 rings (SSSR count). The summed E-state index contributed by atoms with van der Waals surface area (Å²) in [4.78, 5) is 39.0. The van der Waals surface area contributed by atoms with Crippen molar-refractivity contribution in [2.45, 2.75) is 26.2 Å². The molecule has 0 radical (unpaired) electrons. The van der Waals surface area contributed by atoms with Gasteiger partial charge < -0.3 is 14.4 Å². The number of ketones is 1. The van der Waals surface area contributed by atoms with Crippen molar-refractivity contribution < 1.29 is 23.9 Å². The van der Waals surface area contributed by atoms with E-state index in [1.807, 2.05) is 42.5 Å². The number of hydrogen-bond donors (Lipinski definition) is 0. The van der Waals surface area contributed by atoms with Crippen LogP contribution in [0.1, 0.15) is 25.3 Å². The number of esters is 1. The number of hydrogen-bond acceptors (Lipinski definition) is 5. The molecule has 0 bridgehead atoms. The van der Waals surface area contributed by atoms with E-state index < -0.39 is 11.9 Å². The number of likely N-dealkylation sites (tertiary alicyclic amines) is 1. The summed E-state index contributed by atoms with van der Waals surface area (Å²) in [6.45, 7) is 2.88. The summed E-state index contributed by atoms with van der Waals surface area (Å²) in [5, 5.41) is 2.19. The van der Waals surface area contributed by atoms with Gasteiger partial charge >= 0.3 is 12.1 Å². The molecule has 29 heavy (non-hydrogen) atoms. The highest BCUT2D eigenvalue weighted by Gasteiger charge is 2.36. The van der Waals surface area contributed by atoms with Crippen LogP contribution in [0.2, 0.25) is 0 Å². The summed E-state index contributed by atoms with van der Waals surface area (Å²) in [6, 6.07) is 14.0. The van der Waals surface area contributed by atoms with Gasteiger partial charge in [-0.1, -0.05) is 42.5 Å². The molecular weight excluding hydrogens is 370 g/mol. The Morgan fingerprint density at radius 1 is 1.07 bits per heavy atom. The maximum absolute atomic E-state index is 13.2. The second kappa shape index (κ2) is 9.54. The summed E-state index contributed by atoms with van der Waals surface area (Å²) < 4.78 is 9.95. The van der Waals surface area contributed by atoms with Gasteiger partial charge in [-0.05, 0) is 42.5 Å². The van der Waals surface area contributed by atoms with E-state index in [-0.39, 0.29) is 24.4 Å². The first-order valence-corrected chi connectivity index (χ1v) is 10.0. The van der Waals surface area contributed by atoms with Gasteiger partial charge in [0.2, 0.25) is 0 Å². The second-order valence-corrected chi connectivity index (χ2v) is 7.32. The van der Waals surface area contributed by atoms with Crippen LogP contribution in [0.3, 0.4) is 0 Å². The molecule has 0 spiro atoms. The lowest BCUT2D eigenvalue weighted by Gasteiger charge is -2.31. The number of Topliss-reactive ketones (excluding diaryl/α,β-unsaturated/α-hetero) is 1. The maximum atomic E-state index is 13.2. The molecular formula is C23H27NO5. The molecule has 2 aromatic rings. The average Bonchev–Trinajstić information content (AvgIpc) is 2.76. The van der Waals surface area contributed by atoms with Gasteiger partial charge in [-0.2, -0.15) is 0 Å². The van der Waals surface area contributed by atoms with Gasteiger partial charge in [0.05, 0.1) is 13.7 Å². The Hall–Kier alpha value is -2.89. The largest absolute Gasteiger partial charge is 0.465 e. The maximum Gasteiger partial charge on any atom is 0.409 e. The van der Waals surface area contributed by atoms with Crippen LogP contribution < -0.4 is 0 Å². The number of carbonyl (C=O) groups is 3. The summed E-state index contributed by atoms with van der Waals surface area (Å²) in [5.41, 5.74) is 0.932. The van der Waals surface area contributed by atoms with E-state index in [0.29, 0.717) is 32.4 Å². The third-order valence-corrected chi connectivity index (χ3v) is 5.50. The normalized spacial score (nSPS) is 15.7. The molecule has 1 aliphatic heterocycles. The lowest BCUT2D eigenvalue weighted by atomic mass is 9.83. The zero-order chi connectivity index (χ0) is 20.8. The van der Waals surface area contributed by atoms with Crippen LogP contribution in [0.25, 0.3) is 10.8 Å². The predicted octanol–water partition coefficient (Wildman–Crippen LogP) is 3.61. The van der Waals surface area contributed by atoms with Gasteiger partial charge in [0.15, 0.2) is 5.78 Å². The third kappa shape index (κ3) is 4.94. The van der Waals surface area contributed by atoms with Crippen molar-refractivity contribution in [1.82, 2.24) is 4.90 Å². The first-order chi connectivity index (χ1) is 14.0. The molecule has 1 atom stereocenters. The monoisotopic (exact) mass is 397 g/mol. The van der Waals surface area contributed by atoms with E-state index >= 15 is 0 Å². The molecule has 6 heteroatoms. The lowest BCUT2D eigenvalue weighted by molar-refractivity contribution is -0.153. The molecule has 6 nitrogen and oxygen atoms in total. The van der Waals surface area contributed by atoms with E-state index in [1.54, 1.807) is 11.8 Å². The van der Waals surface area contributed by atoms with Gasteiger partial charge in [0.1, 0.15) is 5.92 Å². The van der Waals surface area contributed by atoms with E-state index in [0.717, 1.165) is 16.3 Å². The van der Waals surface area contributed by atoms with Gasteiger partial charge in [0.25, 0.3) is 0 Å². The highest BCUT2D eigenvalue weighted by atomic mass is 16.5. The van der Waals surface area contributed by atoms with Crippen molar-refractivity contribution >= 4 is 28.6 Å². The number of rotatable bonds is 6. The quantitative estimate of drug-likeness (QED) is 0.550. The zero-order valence-electron chi connectivity index (χ0n) is 16.9. The van der Waals surface area contributed by atoms with Gasteiger partial charge in [-0.3, -0.25) is 9.59 Å². The van der Waals surface area contributed by atoms with Gasteiger partial charge in [0, 0.05) is 19.0 Å². The van der Waals surface area contributed by atoms with Crippen LogP contribution in [0.4, 0.5) is 4.79 Å².